The molecular weight excluding hydrogens is 386 g/mol. The smallest absolute Gasteiger partial charge is 0.193 e. The van der Waals surface area contributed by atoms with Crippen LogP contribution >= 0.6 is 11.8 Å². The number of para-hydroxylation sites is 1. The topological polar surface area (TPSA) is 22.0 Å². The van der Waals surface area contributed by atoms with E-state index in [-0.39, 0.29) is 5.78 Å². The molecule has 0 fully saturated rings. The summed E-state index contributed by atoms with van der Waals surface area (Å²) in [4.78, 5) is 15.5. The van der Waals surface area contributed by atoms with Crippen molar-refractivity contribution in [2.45, 2.75) is 23.3 Å². The van der Waals surface area contributed by atoms with E-state index in [1.165, 1.54) is 21.3 Å². The van der Waals surface area contributed by atoms with Gasteiger partial charge in [0.05, 0.1) is 0 Å². The van der Waals surface area contributed by atoms with E-state index < -0.39 is 0 Å². The second-order valence-electron chi connectivity index (χ2n) is 7.26. The maximum Gasteiger partial charge on any atom is 0.193 e. The van der Waals surface area contributed by atoms with E-state index in [0.29, 0.717) is 5.56 Å². The van der Waals surface area contributed by atoms with E-state index in [4.69, 9.17) is 0 Å². The van der Waals surface area contributed by atoms with E-state index in [1.807, 2.05) is 54.6 Å². The highest BCUT2D eigenvalue weighted by Gasteiger charge is 2.14. The highest BCUT2D eigenvalue weighted by molar-refractivity contribution is 7.99. The predicted octanol–water partition coefficient (Wildman–Crippen LogP) is 7.20. The van der Waals surface area contributed by atoms with Gasteiger partial charge >= 0.3 is 0 Å². The van der Waals surface area contributed by atoms with Crippen LogP contribution in [0.1, 0.15) is 22.8 Å². The van der Waals surface area contributed by atoms with Crippen LogP contribution in [0.2, 0.25) is 0 Å². The molecule has 4 aromatic carbocycles. The summed E-state index contributed by atoms with van der Waals surface area (Å²) in [6.45, 7) is 3.05. The van der Waals surface area contributed by atoms with Crippen LogP contribution in [0.3, 0.4) is 0 Å². The molecule has 1 heterocycles. The molecule has 2 nitrogen and oxygen atoms in total. The Balaban J connectivity index is 1.48. The van der Waals surface area contributed by atoms with Crippen LogP contribution in [0.4, 0.5) is 0 Å². The maximum absolute atomic E-state index is 13.2. The van der Waals surface area contributed by atoms with Crippen LogP contribution in [0.25, 0.3) is 21.8 Å². The first-order valence-electron chi connectivity index (χ1n) is 10.1. The van der Waals surface area contributed by atoms with Crippen LogP contribution in [-0.4, -0.2) is 10.4 Å². The predicted molar refractivity (Wildman–Crippen MR) is 126 cm³/mol. The summed E-state index contributed by atoms with van der Waals surface area (Å²) in [5.74, 6) is 0.0569. The van der Waals surface area contributed by atoms with Crippen molar-refractivity contribution in [3.05, 3.63) is 108 Å². The summed E-state index contributed by atoms with van der Waals surface area (Å²) in [6, 6.07) is 32.6. The number of carbonyl (C=O) groups excluding carboxylic acids is 1. The molecule has 0 unspecified atom stereocenters. The number of carbonyl (C=O) groups is 1. The molecule has 0 saturated heterocycles. The van der Waals surface area contributed by atoms with Gasteiger partial charge in [-0.05, 0) is 67.6 Å². The summed E-state index contributed by atoms with van der Waals surface area (Å²) < 4.78 is 2.30. The monoisotopic (exact) mass is 407 g/mol. The molecule has 3 heteroatoms. The Labute approximate surface area is 180 Å². The third kappa shape index (κ3) is 3.31. The third-order valence-corrected chi connectivity index (χ3v) is 6.46. The van der Waals surface area contributed by atoms with Crippen molar-refractivity contribution < 1.29 is 4.79 Å². The number of aryl methyl sites for hydroxylation is 1. The normalized spacial score (nSPS) is 11.2. The standard InChI is InChI=1S/C27H21NOS/c1-2-28-25-11-7-6-10-23(25)24-18-20(14-17-26(24)28)27(29)19-12-15-22(16-13-19)30-21-8-4-3-5-9-21/h3-18H,2H2,1H3. The highest BCUT2D eigenvalue weighted by atomic mass is 32.2. The van der Waals surface area contributed by atoms with E-state index >= 15 is 0 Å². The van der Waals surface area contributed by atoms with Gasteiger partial charge in [-0.15, -0.1) is 0 Å². The Bertz CT molecular complexity index is 1350. The number of fused-ring (bicyclic) bond motifs is 3. The summed E-state index contributed by atoms with van der Waals surface area (Å²) in [7, 11) is 0. The van der Waals surface area contributed by atoms with Crippen LogP contribution in [-0.2, 0) is 6.54 Å². The lowest BCUT2D eigenvalue weighted by Crippen LogP contribution is -2.01. The zero-order valence-corrected chi connectivity index (χ0v) is 17.5. The van der Waals surface area contributed by atoms with Crippen LogP contribution in [0.5, 0.6) is 0 Å². The van der Waals surface area contributed by atoms with Gasteiger partial charge in [-0.1, -0.05) is 48.2 Å². The van der Waals surface area contributed by atoms with Crippen LogP contribution in [0, 0.1) is 0 Å². The molecule has 146 valence electrons. The molecule has 0 aliphatic carbocycles. The summed E-state index contributed by atoms with van der Waals surface area (Å²) >= 11 is 1.70. The largest absolute Gasteiger partial charge is 0.341 e. The molecule has 0 bridgehead atoms. The molecule has 0 aliphatic heterocycles. The average Bonchev–Trinajstić information content (AvgIpc) is 3.13. The first-order chi connectivity index (χ1) is 14.7. The Kier molecular flexibility index (Phi) is 4.89. The molecule has 1 aromatic heterocycles. The molecule has 5 aromatic rings. The highest BCUT2D eigenvalue weighted by Crippen LogP contribution is 2.31. The van der Waals surface area contributed by atoms with Gasteiger partial charge in [-0.3, -0.25) is 4.79 Å². The Morgan fingerprint density at radius 1 is 0.700 bits per heavy atom. The molecule has 0 atom stereocenters. The van der Waals surface area contributed by atoms with Gasteiger partial charge in [0.2, 0.25) is 0 Å². The van der Waals surface area contributed by atoms with Gasteiger partial charge in [0.25, 0.3) is 0 Å². The van der Waals surface area contributed by atoms with Gasteiger partial charge < -0.3 is 4.57 Å². The van der Waals surface area contributed by atoms with Crippen molar-refractivity contribution in [1.82, 2.24) is 4.57 Å². The van der Waals surface area contributed by atoms with Crippen LogP contribution < -0.4 is 0 Å². The number of aromatic nitrogens is 1. The molecule has 0 amide bonds. The molecular formula is C27H21NOS. The summed E-state index contributed by atoms with van der Waals surface area (Å²) in [5, 5.41) is 2.33. The van der Waals surface area contributed by atoms with Gasteiger partial charge in [-0.25, -0.2) is 0 Å². The van der Waals surface area contributed by atoms with Gasteiger partial charge in [0.15, 0.2) is 5.78 Å². The molecule has 0 saturated carbocycles. The fourth-order valence-electron chi connectivity index (χ4n) is 4.00. The van der Waals surface area contributed by atoms with Gasteiger partial charge in [0, 0.05) is 49.3 Å². The number of nitrogens with zero attached hydrogens (tertiary/aromatic N) is 1. The second-order valence-corrected chi connectivity index (χ2v) is 8.41. The zero-order chi connectivity index (χ0) is 20.5. The molecule has 30 heavy (non-hydrogen) atoms. The SMILES string of the molecule is CCn1c2ccccc2c2cc(C(=O)c3ccc(Sc4ccccc4)cc3)ccc21. The lowest BCUT2D eigenvalue weighted by Gasteiger charge is -2.06. The van der Waals surface area contributed by atoms with Gasteiger partial charge in [0.1, 0.15) is 0 Å². The van der Waals surface area contributed by atoms with E-state index in [1.54, 1.807) is 11.8 Å². The fraction of sp³-hybridized carbons (Fsp3) is 0.0741. The first-order valence-corrected chi connectivity index (χ1v) is 10.9. The minimum atomic E-state index is 0.0569. The molecule has 5 rings (SSSR count). The van der Waals surface area contributed by atoms with Crippen molar-refractivity contribution in [3.63, 3.8) is 0 Å². The van der Waals surface area contributed by atoms with E-state index in [2.05, 4.69) is 54.0 Å². The van der Waals surface area contributed by atoms with Crippen molar-refractivity contribution >= 4 is 39.4 Å². The first kappa shape index (κ1) is 18.7. The maximum atomic E-state index is 13.2. The van der Waals surface area contributed by atoms with E-state index in [0.717, 1.165) is 22.4 Å². The molecule has 0 N–H and O–H groups in total. The zero-order valence-electron chi connectivity index (χ0n) is 16.7. The number of ketones is 1. The van der Waals surface area contributed by atoms with E-state index in [9.17, 15) is 4.79 Å². The third-order valence-electron chi connectivity index (χ3n) is 5.45. The number of hydrogen-bond donors (Lipinski definition) is 0. The second kappa shape index (κ2) is 7.85. The Morgan fingerprint density at radius 2 is 1.33 bits per heavy atom. The Hall–Kier alpha value is -3.30. The average molecular weight is 408 g/mol. The Morgan fingerprint density at radius 3 is 2.10 bits per heavy atom. The van der Waals surface area contributed by atoms with Crippen LogP contribution in [0.15, 0.2) is 107 Å². The fourth-order valence-corrected chi connectivity index (χ4v) is 4.84. The number of benzene rings is 4. The van der Waals surface area contributed by atoms with Crippen molar-refractivity contribution in [3.8, 4) is 0 Å². The quantitative estimate of drug-likeness (QED) is 0.287. The number of hydrogen-bond acceptors (Lipinski definition) is 2. The molecule has 0 spiro atoms. The lowest BCUT2D eigenvalue weighted by molar-refractivity contribution is 0.103. The van der Waals surface area contributed by atoms with Crippen molar-refractivity contribution in [2.75, 3.05) is 0 Å². The summed E-state index contributed by atoms with van der Waals surface area (Å²) in [6.07, 6.45) is 0. The van der Waals surface area contributed by atoms with Gasteiger partial charge in [-0.2, -0.15) is 0 Å². The summed E-state index contributed by atoms with van der Waals surface area (Å²) in [5.41, 5.74) is 3.82. The van der Waals surface area contributed by atoms with Crippen molar-refractivity contribution in [2.24, 2.45) is 0 Å². The molecule has 0 radical (unpaired) electrons. The minimum absolute atomic E-state index is 0.0569. The van der Waals surface area contributed by atoms with Crippen molar-refractivity contribution in [1.29, 1.82) is 0 Å². The minimum Gasteiger partial charge on any atom is -0.341 e. The lowest BCUT2D eigenvalue weighted by atomic mass is 10.0. The number of rotatable bonds is 5. The molecule has 0 aliphatic rings.